The van der Waals surface area contributed by atoms with Crippen LogP contribution >= 0.6 is 0 Å². The highest BCUT2D eigenvalue weighted by Crippen LogP contribution is 2.28. The van der Waals surface area contributed by atoms with Crippen LogP contribution < -0.4 is 5.32 Å². The van der Waals surface area contributed by atoms with Crippen molar-refractivity contribution in [3.8, 4) is 0 Å². The summed E-state index contributed by atoms with van der Waals surface area (Å²) >= 11 is 0. The highest BCUT2D eigenvalue weighted by molar-refractivity contribution is 5.94. The molecule has 0 fully saturated rings. The quantitative estimate of drug-likeness (QED) is 0.901. The van der Waals surface area contributed by atoms with Crippen molar-refractivity contribution in [2.75, 3.05) is 6.54 Å². The van der Waals surface area contributed by atoms with Crippen LogP contribution in [0.1, 0.15) is 27.9 Å². The number of carbonyl (C=O) groups excluding carboxylic acids is 1. The Morgan fingerprint density at radius 3 is 2.67 bits per heavy atom. The van der Waals surface area contributed by atoms with Crippen molar-refractivity contribution >= 4 is 5.91 Å². The zero-order valence-corrected chi connectivity index (χ0v) is 11.7. The molecule has 2 N–H and O–H groups in total. The molecule has 1 heterocycles. The molecule has 1 aromatic heterocycles. The van der Waals surface area contributed by atoms with Crippen molar-refractivity contribution in [2.45, 2.75) is 24.9 Å². The number of amides is 1. The number of hydrogen-bond donors (Lipinski definition) is 2. The molecule has 1 aliphatic rings. The van der Waals surface area contributed by atoms with E-state index in [4.69, 9.17) is 0 Å². The van der Waals surface area contributed by atoms with E-state index in [0.29, 0.717) is 18.4 Å². The molecule has 4 nitrogen and oxygen atoms in total. The van der Waals surface area contributed by atoms with Crippen molar-refractivity contribution in [2.24, 2.45) is 0 Å². The van der Waals surface area contributed by atoms with Gasteiger partial charge in [0.05, 0.1) is 5.60 Å². The Morgan fingerprint density at radius 2 is 1.90 bits per heavy atom. The largest absolute Gasteiger partial charge is 0.388 e. The van der Waals surface area contributed by atoms with E-state index < -0.39 is 5.60 Å². The van der Waals surface area contributed by atoms with Gasteiger partial charge in [0.25, 0.3) is 5.91 Å². The Bertz CT molecular complexity index is 642. The van der Waals surface area contributed by atoms with Crippen molar-refractivity contribution in [3.05, 3.63) is 65.5 Å². The fourth-order valence-electron chi connectivity index (χ4n) is 2.79. The summed E-state index contributed by atoms with van der Waals surface area (Å²) in [5.74, 6) is -0.176. The van der Waals surface area contributed by atoms with Crippen molar-refractivity contribution in [3.63, 3.8) is 0 Å². The Kier molecular flexibility index (Phi) is 3.71. The molecule has 21 heavy (non-hydrogen) atoms. The van der Waals surface area contributed by atoms with E-state index in [-0.39, 0.29) is 12.5 Å². The van der Waals surface area contributed by atoms with Crippen LogP contribution in [0, 0.1) is 0 Å². The van der Waals surface area contributed by atoms with E-state index in [2.05, 4.69) is 16.4 Å². The normalized spacial score (nSPS) is 20.6. The summed E-state index contributed by atoms with van der Waals surface area (Å²) in [5.41, 5.74) is 2.16. The number of nitrogens with one attached hydrogen (secondary N) is 1. The number of fused-ring (bicyclic) bond motifs is 1. The lowest BCUT2D eigenvalue weighted by Gasteiger charge is -2.33. The lowest BCUT2D eigenvalue weighted by Crippen LogP contribution is -2.46. The lowest BCUT2D eigenvalue weighted by molar-refractivity contribution is 0.0260. The number of aromatic nitrogens is 1. The molecular formula is C17H18N2O2. The molecule has 1 atom stereocenters. The molecule has 1 unspecified atom stereocenters. The molecule has 1 amide bonds. The predicted octanol–water partition coefficient (Wildman–Crippen LogP) is 1.73. The average Bonchev–Trinajstić information content (AvgIpc) is 2.53. The fraction of sp³-hybridized carbons (Fsp3) is 0.294. The standard InChI is InChI=1S/C17H18N2O2/c20-16(14-6-9-18-10-7-14)19-12-17(21)8-5-13-3-1-2-4-15(13)11-17/h1-4,6-7,9-10,21H,5,8,11-12H2,(H,19,20). The topological polar surface area (TPSA) is 62.2 Å². The summed E-state index contributed by atoms with van der Waals surface area (Å²) in [4.78, 5) is 15.9. The first kappa shape index (κ1) is 13.8. The number of nitrogens with zero attached hydrogens (tertiary/aromatic N) is 1. The second kappa shape index (κ2) is 5.66. The van der Waals surface area contributed by atoms with Gasteiger partial charge in [-0.15, -0.1) is 0 Å². The Labute approximate surface area is 123 Å². The maximum atomic E-state index is 12.0. The minimum atomic E-state index is -0.864. The maximum Gasteiger partial charge on any atom is 0.251 e. The lowest BCUT2D eigenvalue weighted by atomic mass is 9.80. The number of hydrogen-bond acceptors (Lipinski definition) is 3. The second-order valence-electron chi connectivity index (χ2n) is 5.59. The van der Waals surface area contributed by atoms with Gasteiger partial charge < -0.3 is 10.4 Å². The summed E-state index contributed by atoms with van der Waals surface area (Å²) in [6.07, 6.45) is 5.26. The first-order valence-corrected chi connectivity index (χ1v) is 7.14. The first-order chi connectivity index (χ1) is 10.2. The van der Waals surface area contributed by atoms with Crippen LogP contribution in [0.4, 0.5) is 0 Å². The molecular weight excluding hydrogens is 264 g/mol. The van der Waals surface area contributed by atoms with E-state index in [1.165, 1.54) is 11.1 Å². The molecule has 108 valence electrons. The van der Waals surface area contributed by atoms with Crippen LogP contribution in [-0.2, 0) is 12.8 Å². The maximum absolute atomic E-state index is 12.0. The minimum Gasteiger partial charge on any atom is -0.388 e. The molecule has 0 saturated heterocycles. The smallest absolute Gasteiger partial charge is 0.251 e. The SMILES string of the molecule is O=C(NCC1(O)CCc2ccccc2C1)c1ccncc1. The van der Waals surface area contributed by atoms with Gasteiger partial charge in [0.15, 0.2) is 0 Å². The van der Waals surface area contributed by atoms with Gasteiger partial charge in [-0.25, -0.2) is 0 Å². The molecule has 1 aliphatic carbocycles. The van der Waals surface area contributed by atoms with Gasteiger partial charge in [0.1, 0.15) is 0 Å². The van der Waals surface area contributed by atoms with Crippen LogP contribution in [0.3, 0.4) is 0 Å². The van der Waals surface area contributed by atoms with Gasteiger partial charge in [-0.1, -0.05) is 24.3 Å². The number of rotatable bonds is 3. The minimum absolute atomic E-state index is 0.176. The Hall–Kier alpha value is -2.20. The molecule has 0 spiro atoms. The summed E-state index contributed by atoms with van der Waals surface area (Å²) < 4.78 is 0. The predicted molar refractivity (Wildman–Crippen MR) is 80.0 cm³/mol. The highest BCUT2D eigenvalue weighted by Gasteiger charge is 2.32. The van der Waals surface area contributed by atoms with Crippen LogP contribution in [-0.4, -0.2) is 28.1 Å². The summed E-state index contributed by atoms with van der Waals surface area (Å²) in [7, 11) is 0. The molecule has 0 aliphatic heterocycles. The van der Waals surface area contributed by atoms with Crippen LogP contribution in [0.2, 0.25) is 0 Å². The van der Waals surface area contributed by atoms with Crippen molar-refractivity contribution in [1.29, 1.82) is 0 Å². The third kappa shape index (κ3) is 3.11. The second-order valence-corrected chi connectivity index (χ2v) is 5.59. The van der Waals surface area contributed by atoms with Gasteiger partial charge in [0.2, 0.25) is 0 Å². The number of aliphatic hydroxyl groups is 1. The van der Waals surface area contributed by atoms with E-state index in [1.807, 2.05) is 18.2 Å². The Morgan fingerprint density at radius 1 is 1.19 bits per heavy atom. The molecule has 2 aromatic rings. The number of pyridine rings is 1. The Balaban J connectivity index is 1.65. The van der Waals surface area contributed by atoms with Crippen LogP contribution in [0.15, 0.2) is 48.8 Å². The summed E-state index contributed by atoms with van der Waals surface area (Å²) in [6, 6.07) is 11.5. The average molecular weight is 282 g/mol. The fourth-order valence-corrected chi connectivity index (χ4v) is 2.79. The molecule has 3 rings (SSSR count). The number of benzene rings is 1. The number of carbonyl (C=O) groups is 1. The first-order valence-electron chi connectivity index (χ1n) is 7.14. The highest BCUT2D eigenvalue weighted by atomic mass is 16.3. The molecule has 0 bridgehead atoms. The van der Waals surface area contributed by atoms with Gasteiger partial charge in [-0.05, 0) is 36.1 Å². The van der Waals surface area contributed by atoms with E-state index in [0.717, 1.165) is 6.42 Å². The molecule has 1 aromatic carbocycles. The van der Waals surface area contributed by atoms with Gasteiger partial charge >= 0.3 is 0 Å². The third-order valence-corrected chi connectivity index (χ3v) is 4.02. The zero-order valence-electron chi connectivity index (χ0n) is 11.7. The van der Waals surface area contributed by atoms with E-state index >= 15 is 0 Å². The van der Waals surface area contributed by atoms with Crippen LogP contribution in [0.5, 0.6) is 0 Å². The van der Waals surface area contributed by atoms with E-state index in [9.17, 15) is 9.90 Å². The molecule has 4 heteroatoms. The molecule has 0 saturated carbocycles. The zero-order chi connectivity index (χ0) is 14.7. The molecule has 0 radical (unpaired) electrons. The van der Waals surface area contributed by atoms with Crippen molar-refractivity contribution < 1.29 is 9.90 Å². The van der Waals surface area contributed by atoms with E-state index in [1.54, 1.807) is 24.5 Å². The monoisotopic (exact) mass is 282 g/mol. The van der Waals surface area contributed by atoms with Crippen molar-refractivity contribution in [1.82, 2.24) is 10.3 Å². The van der Waals surface area contributed by atoms with Gasteiger partial charge in [-0.3, -0.25) is 9.78 Å². The third-order valence-electron chi connectivity index (χ3n) is 4.02. The van der Waals surface area contributed by atoms with Crippen LogP contribution in [0.25, 0.3) is 0 Å². The number of aryl methyl sites for hydroxylation is 1. The summed E-state index contributed by atoms with van der Waals surface area (Å²) in [5, 5.41) is 13.5. The van der Waals surface area contributed by atoms with Gasteiger partial charge in [-0.2, -0.15) is 0 Å². The summed E-state index contributed by atoms with van der Waals surface area (Å²) in [6.45, 7) is 0.266. The van der Waals surface area contributed by atoms with Gasteiger partial charge in [0, 0.05) is 30.9 Å².